The highest BCUT2D eigenvalue weighted by Crippen LogP contribution is 2.28. The average Bonchev–Trinajstić information content (AvgIpc) is 2.29. The molecule has 16 heavy (non-hydrogen) atoms. The fourth-order valence-electron chi connectivity index (χ4n) is 2.26. The fraction of sp³-hybridized carbons (Fsp3) is 0.462. The Morgan fingerprint density at radius 2 is 2.25 bits per heavy atom. The molecule has 1 saturated heterocycles. The lowest BCUT2D eigenvalue weighted by molar-refractivity contribution is 0.485. The van der Waals surface area contributed by atoms with E-state index in [1.165, 1.54) is 24.9 Å². The lowest BCUT2D eigenvalue weighted by Gasteiger charge is -2.35. The van der Waals surface area contributed by atoms with Gasteiger partial charge in [-0.05, 0) is 60.3 Å². The largest absolute Gasteiger partial charge is 0.369 e. The molecule has 1 aliphatic heterocycles. The SMILES string of the molecule is CC1CCCCN1c1ccc(C#N)c(Br)c1. The van der Waals surface area contributed by atoms with Crippen LogP contribution in [0.2, 0.25) is 0 Å². The van der Waals surface area contributed by atoms with E-state index in [2.05, 4.69) is 39.9 Å². The maximum Gasteiger partial charge on any atom is 0.100 e. The number of hydrogen-bond donors (Lipinski definition) is 0. The lowest BCUT2D eigenvalue weighted by atomic mass is 10.0. The predicted molar refractivity (Wildman–Crippen MR) is 69.5 cm³/mol. The van der Waals surface area contributed by atoms with E-state index in [4.69, 9.17) is 5.26 Å². The molecule has 1 aromatic carbocycles. The molecule has 1 aromatic rings. The minimum atomic E-state index is 0.605. The zero-order valence-corrected chi connectivity index (χ0v) is 11.0. The molecule has 1 unspecified atom stereocenters. The number of anilines is 1. The normalized spacial score (nSPS) is 20.6. The van der Waals surface area contributed by atoms with Crippen LogP contribution in [0.25, 0.3) is 0 Å². The van der Waals surface area contributed by atoms with Gasteiger partial charge < -0.3 is 4.90 Å². The second kappa shape index (κ2) is 4.88. The maximum atomic E-state index is 8.88. The van der Waals surface area contributed by atoms with Gasteiger partial charge >= 0.3 is 0 Å². The topological polar surface area (TPSA) is 27.0 Å². The van der Waals surface area contributed by atoms with E-state index in [0.29, 0.717) is 11.6 Å². The van der Waals surface area contributed by atoms with E-state index in [1.54, 1.807) is 0 Å². The number of piperidine rings is 1. The average molecular weight is 279 g/mol. The van der Waals surface area contributed by atoms with Gasteiger partial charge in [0, 0.05) is 22.7 Å². The second-order valence-electron chi connectivity index (χ2n) is 4.31. The smallest absolute Gasteiger partial charge is 0.100 e. The van der Waals surface area contributed by atoms with Crippen molar-refractivity contribution in [1.82, 2.24) is 0 Å². The van der Waals surface area contributed by atoms with Gasteiger partial charge in [-0.2, -0.15) is 5.26 Å². The van der Waals surface area contributed by atoms with Crippen molar-refractivity contribution < 1.29 is 0 Å². The first-order valence-corrected chi connectivity index (χ1v) is 6.48. The van der Waals surface area contributed by atoms with E-state index in [9.17, 15) is 0 Å². The Morgan fingerprint density at radius 3 is 2.88 bits per heavy atom. The van der Waals surface area contributed by atoms with E-state index in [0.717, 1.165) is 11.0 Å². The van der Waals surface area contributed by atoms with Crippen LogP contribution < -0.4 is 4.90 Å². The van der Waals surface area contributed by atoms with Gasteiger partial charge in [-0.1, -0.05) is 0 Å². The number of benzene rings is 1. The van der Waals surface area contributed by atoms with E-state index < -0.39 is 0 Å². The number of rotatable bonds is 1. The van der Waals surface area contributed by atoms with Crippen LogP contribution in [0.5, 0.6) is 0 Å². The van der Waals surface area contributed by atoms with Crippen LogP contribution in [0.3, 0.4) is 0 Å². The van der Waals surface area contributed by atoms with Gasteiger partial charge in [-0.25, -0.2) is 0 Å². The summed E-state index contributed by atoms with van der Waals surface area (Å²) in [5.74, 6) is 0. The Bertz CT molecular complexity index is 422. The molecule has 1 aliphatic rings. The van der Waals surface area contributed by atoms with E-state index >= 15 is 0 Å². The van der Waals surface area contributed by atoms with Gasteiger partial charge in [-0.15, -0.1) is 0 Å². The summed E-state index contributed by atoms with van der Waals surface area (Å²) in [6.07, 6.45) is 3.86. The van der Waals surface area contributed by atoms with E-state index in [-0.39, 0.29) is 0 Å². The summed E-state index contributed by atoms with van der Waals surface area (Å²) >= 11 is 3.44. The highest BCUT2D eigenvalue weighted by molar-refractivity contribution is 9.10. The molecule has 84 valence electrons. The first kappa shape index (κ1) is 11.5. The molecule has 0 saturated carbocycles. The Morgan fingerprint density at radius 1 is 1.44 bits per heavy atom. The van der Waals surface area contributed by atoms with Gasteiger partial charge in [0.15, 0.2) is 0 Å². The number of halogens is 1. The minimum absolute atomic E-state index is 0.605. The van der Waals surface area contributed by atoms with Crippen molar-refractivity contribution in [3.63, 3.8) is 0 Å². The van der Waals surface area contributed by atoms with Crippen molar-refractivity contribution in [3.05, 3.63) is 28.2 Å². The summed E-state index contributed by atoms with van der Waals surface area (Å²) in [4.78, 5) is 2.43. The third-order valence-corrected chi connectivity index (χ3v) is 3.86. The molecule has 0 N–H and O–H groups in total. The molecule has 0 aliphatic carbocycles. The predicted octanol–water partition coefficient (Wildman–Crippen LogP) is 3.70. The monoisotopic (exact) mass is 278 g/mol. The summed E-state index contributed by atoms with van der Waals surface area (Å²) in [7, 11) is 0. The molecule has 0 radical (unpaired) electrons. The molecular weight excluding hydrogens is 264 g/mol. The van der Waals surface area contributed by atoms with Crippen LogP contribution in [0, 0.1) is 11.3 Å². The Hall–Kier alpha value is -1.01. The van der Waals surface area contributed by atoms with Crippen molar-refractivity contribution in [2.75, 3.05) is 11.4 Å². The van der Waals surface area contributed by atoms with Gasteiger partial charge in [0.25, 0.3) is 0 Å². The van der Waals surface area contributed by atoms with Crippen LogP contribution in [0.15, 0.2) is 22.7 Å². The van der Waals surface area contributed by atoms with Crippen molar-refractivity contribution in [3.8, 4) is 6.07 Å². The highest BCUT2D eigenvalue weighted by Gasteiger charge is 2.18. The van der Waals surface area contributed by atoms with E-state index in [1.807, 2.05) is 12.1 Å². The number of hydrogen-bond acceptors (Lipinski definition) is 2. The Labute approximate surface area is 105 Å². The standard InChI is InChI=1S/C13H15BrN2/c1-10-4-2-3-7-16(10)12-6-5-11(9-15)13(14)8-12/h5-6,8,10H,2-4,7H2,1H3. The number of nitriles is 1. The molecule has 0 bridgehead atoms. The van der Waals surface area contributed by atoms with Gasteiger partial charge in [-0.3, -0.25) is 0 Å². The molecular formula is C13H15BrN2. The summed E-state index contributed by atoms with van der Waals surface area (Å²) in [6.45, 7) is 3.39. The lowest BCUT2D eigenvalue weighted by Crippen LogP contribution is -2.37. The molecule has 0 amide bonds. The van der Waals surface area contributed by atoms with Crippen LogP contribution in [-0.4, -0.2) is 12.6 Å². The van der Waals surface area contributed by atoms with Crippen LogP contribution in [0.1, 0.15) is 31.7 Å². The molecule has 0 spiro atoms. The zero-order chi connectivity index (χ0) is 11.5. The molecule has 3 heteroatoms. The highest BCUT2D eigenvalue weighted by atomic mass is 79.9. The number of nitrogens with zero attached hydrogens (tertiary/aromatic N) is 2. The van der Waals surface area contributed by atoms with Crippen molar-refractivity contribution in [1.29, 1.82) is 5.26 Å². The van der Waals surface area contributed by atoms with Crippen LogP contribution in [-0.2, 0) is 0 Å². The molecule has 1 atom stereocenters. The molecule has 0 aromatic heterocycles. The van der Waals surface area contributed by atoms with Crippen molar-refractivity contribution in [2.45, 2.75) is 32.2 Å². The molecule has 2 rings (SSSR count). The first-order valence-electron chi connectivity index (χ1n) is 5.68. The molecule has 2 nitrogen and oxygen atoms in total. The maximum absolute atomic E-state index is 8.88. The summed E-state index contributed by atoms with van der Waals surface area (Å²) in [5.41, 5.74) is 1.92. The third-order valence-electron chi connectivity index (χ3n) is 3.21. The zero-order valence-electron chi connectivity index (χ0n) is 9.41. The van der Waals surface area contributed by atoms with Crippen molar-refractivity contribution in [2.24, 2.45) is 0 Å². The summed E-state index contributed by atoms with van der Waals surface area (Å²) in [6, 6.07) is 8.77. The quantitative estimate of drug-likeness (QED) is 0.783. The van der Waals surface area contributed by atoms with Crippen molar-refractivity contribution >= 4 is 21.6 Å². The minimum Gasteiger partial charge on any atom is -0.369 e. The summed E-state index contributed by atoms with van der Waals surface area (Å²) in [5, 5.41) is 8.88. The Balaban J connectivity index is 2.27. The Kier molecular flexibility index (Phi) is 3.50. The van der Waals surface area contributed by atoms with Gasteiger partial charge in [0.1, 0.15) is 6.07 Å². The van der Waals surface area contributed by atoms with Gasteiger partial charge in [0.05, 0.1) is 5.56 Å². The summed E-state index contributed by atoms with van der Waals surface area (Å²) < 4.78 is 0.894. The molecule has 1 heterocycles. The van der Waals surface area contributed by atoms with Crippen LogP contribution >= 0.6 is 15.9 Å². The fourth-order valence-corrected chi connectivity index (χ4v) is 2.71. The van der Waals surface area contributed by atoms with Gasteiger partial charge in [0.2, 0.25) is 0 Å². The molecule has 1 fully saturated rings. The first-order chi connectivity index (χ1) is 7.72. The third kappa shape index (κ3) is 2.22. The van der Waals surface area contributed by atoms with Crippen LogP contribution in [0.4, 0.5) is 5.69 Å². The second-order valence-corrected chi connectivity index (χ2v) is 5.17.